The van der Waals surface area contributed by atoms with Crippen LogP contribution < -0.4 is 9.80 Å². The molecule has 0 aliphatic carbocycles. The Bertz CT molecular complexity index is 1090. The minimum Gasteiger partial charge on any atom is -0.322 e. The van der Waals surface area contributed by atoms with Crippen molar-refractivity contribution in [1.82, 2.24) is 4.31 Å². The maximum atomic E-state index is 14.1. The van der Waals surface area contributed by atoms with E-state index in [9.17, 15) is 26.8 Å². The van der Waals surface area contributed by atoms with E-state index in [1.165, 1.54) is 16.4 Å². The van der Waals surface area contributed by atoms with Gasteiger partial charge in [-0.2, -0.15) is 4.31 Å². The van der Waals surface area contributed by atoms with Crippen molar-refractivity contribution >= 4 is 27.5 Å². The zero-order chi connectivity index (χ0) is 21.5. The summed E-state index contributed by atoms with van der Waals surface area (Å²) in [4.78, 5) is 27.0. The molecular formula is C20H20F2N3O4S+. The number of carbonyl (C=O) groups is 2. The van der Waals surface area contributed by atoms with Gasteiger partial charge < -0.3 is 4.90 Å². The van der Waals surface area contributed by atoms with Crippen molar-refractivity contribution in [2.45, 2.75) is 17.4 Å². The van der Waals surface area contributed by atoms with E-state index in [2.05, 4.69) is 0 Å². The van der Waals surface area contributed by atoms with Gasteiger partial charge in [0, 0.05) is 6.07 Å². The molecule has 0 spiro atoms. The van der Waals surface area contributed by atoms with E-state index in [0.29, 0.717) is 19.2 Å². The zero-order valence-corrected chi connectivity index (χ0v) is 16.7. The highest BCUT2D eigenvalue weighted by Crippen LogP contribution is 2.26. The van der Waals surface area contributed by atoms with Crippen molar-refractivity contribution in [3.8, 4) is 0 Å². The molecule has 30 heavy (non-hydrogen) atoms. The van der Waals surface area contributed by atoms with Gasteiger partial charge in [0.1, 0.15) is 11.6 Å². The third-order valence-electron chi connectivity index (χ3n) is 5.54. The fourth-order valence-electron chi connectivity index (χ4n) is 3.97. The van der Waals surface area contributed by atoms with Crippen LogP contribution in [0.2, 0.25) is 0 Å². The van der Waals surface area contributed by atoms with Crippen LogP contribution in [-0.2, 0) is 19.6 Å². The van der Waals surface area contributed by atoms with Crippen molar-refractivity contribution in [3.05, 3.63) is 60.2 Å². The standard InChI is InChI=1S/C20H19F2N3O4S/c21-14-6-7-17(16(22)12-14)25-19(26)13-18(20(25)27)23-8-10-24(11-9-23)30(28,29)15-4-2-1-3-5-15/h1-7,12,18H,8-11,13H2/p+1/t18-/m0/s1. The number of hydrogen-bond acceptors (Lipinski definition) is 4. The summed E-state index contributed by atoms with van der Waals surface area (Å²) >= 11 is 0. The monoisotopic (exact) mass is 436 g/mol. The quantitative estimate of drug-likeness (QED) is 0.694. The highest BCUT2D eigenvalue weighted by atomic mass is 32.2. The van der Waals surface area contributed by atoms with Crippen LogP contribution in [0, 0.1) is 11.6 Å². The molecule has 1 N–H and O–H groups in total. The summed E-state index contributed by atoms with van der Waals surface area (Å²) in [6.45, 7) is 1.09. The van der Waals surface area contributed by atoms with E-state index < -0.39 is 39.5 Å². The molecule has 2 heterocycles. The largest absolute Gasteiger partial charge is 0.322 e. The van der Waals surface area contributed by atoms with Gasteiger partial charge in [-0.3, -0.25) is 9.59 Å². The van der Waals surface area contributed by atoms with E-state index in [-0.39, 0.29) is 30.1 Å². The number of halogens is 2. The summed E-state index contributed by atoms with van der Waals surface area (Å²) in [6.07, 6.45) is -0.101. The second-order valence-electron chi connectivity index (χ2n) is 7.30. The number of amides is 2. The Balaban J connectivity index is 1.47. The Morgan fingerprint density at radius 1 is 0.967 bits per heavy atom. The van der Waals surface area contributed by atoms with Crippen LogP contribution in [0.3, 0.4) is 0 Å². The van der Waals surface area contributed by atoms with Gasteiger partial charge >= 0.3 is 0 Å². The molecular weight excluding hydrogens is 416 g/mol. The van der Waals surface area contributed by atoms with E-state index in [4.69, 9.17) is 0 Å². The first kappa shape index (κ1) is 20.6. The summed E-state index contributed by atoms with van der Waals surface area (Å²) in [6, 6.07) is 10.1. The number of anilines is 1. The normalized spacial score (nSPS) is 21.4. The maximum Gasteiger partial charge on any atom is 0.292 e. The molecule has 0 radical (unpaired) electrons. The fraction of sp³-hybridized carbons (Fsp3) is 0.300. The molecule has 10 heteroatoms. The van der Waals surface area contributed by atoms with Gasteiger partial charge in [-0.1, -0.05) is 18.2 Å². The molecule has 0 aromatic heterocycles. The molecule has 4 rings (SSSR count). The topological polar surface area (TPSA) is 79.2 Å². The molecule has 158 valence electrons. The van der Waals surface area contributed by atoms with Gasteiger partial charge in [0.25, 0.3) is 5.91 Å². The zero-order valence-electron chi connectivity index (χ0n) is 15.9. The second kappa shape index (κ2) is 7.86. The van der Waals surface area contributed by atoms with E-state index >= 15 is 0 Å². The third-order valence-corrected chi connectivity index (χ3v) is 7.45. The fourth-order valence-corrected chi connectivity index (χ4v) is 5.43. The minimum absolute atomic E-state index is 0.101. The van der Waals surface area contributed by atoms with E-state index in [0.717, 1.165) is 21.9 Å². The van der Waals surface area contributed by atoms with Crippen molar-refractivity contribution in [1.29, 1.82) is 0 Å². The van der Waals surface area contributed by atoms with Gasteiger partial charge in [-0.25, -0.2) is 22.1 Å². The molecule has 2 fully saturated rings. The predicted molar refractivity (Wildman–Crippen MR) is 103 cm³/mol. The van der Waals surface area contributed by atoms with Gasteiger partial charge in [0.2, 0.25) is 15.9 Å². The molecule has 7 nitrogen and oxygen atoms in total. The summed E-state index contributed by atoms with van der Waals surface area (Å²) in [7, 11) is -3.62. The van der Waals surface area contributed by atoms with Gasteiger partial charge in [-0.05, 0) is 24.3 Å². The first-order valence-electron chi connectivity index (χ1n) is 9.50. The molecule has 0 saturated carbocycles. The lowest BCUT2D eigenvalue weighted by Crippen LogP contribution is -3.19. The van der Waals surface area contributed by atoms with Crippen LogP contribution in [0.25, 0.3) is 0 Å². The molecule has 0 bridgehead atoms. The number of nitrogens with one attached hydrogen (secondary N) is 1. The number of benzene rings is 2. The second-order valence-corrected chi connectivity index (χ2v) is 9.23. The number of quaternary nitrogens is 1. The van der Waals surface area contributed by atoms with Crippen molar-refractivity contribution in [2.24, 2.45) is 0 Å². The summed E-state index contributed by atoms with van der Waals surface area (Å²) in [5.41, 5.74) is -0.265. The van der Waals surface area contributed by atoms with Crippen LogP contribution >= 0.6 is 0 Å². The number of rotatable bonds is 4. The third kappa shape index (κ3) is 3.62. The summed E-state index contributed by atoms with van der Waals surface area (Å²) in [5.74, 6) is -2.89. The molecule has 2 aromatic carbocycles. The predicted octanol–water partition coefficient (Wildman–Crippen LogP) is 0.186. The first-order valence-corrected chi connectivity index (χ1v) is 10.9. The number of carbonyl (C=O) groups excluding carboxylic acids is 2. The molecule has 2 saturated heterocycles. The highest BCUT2D eigenvalue weighted by molar-refractivity contribution is 7.89. The lowest BCUT2D eigenvalue weighted by Gasteiger charge is -2.33. The Hall–Kier alpha value is -2.69. The SMILES string of the molecule is O=C1C[C@H]([NH+]2CCN(S(=O)(=O)c3ccccc3)CC2)C(=O)N1c1ccc(F)cc1F. The molecule has 2 aliphatic heterocycles. The molecule has 2 amide bonds. The maximum absolute atomic E-state index is 14.1. The van der Waals surface area contributed by atoms with Crippen LogP contribution in [-0.4, -0.2) is 56.8 Å². The Morgan fingerprint density at radius 2 is 1.63 bits per heavy atom. The average Bonchev–Trinajstić information content (AvgIpc) is 3.03. The summed E-state index contributed by atoms with van der Waals surface area (Å²) in [5, 5.41) is 0. The van der Waals surface area contributed by atoms with Gasteiger partial charge in [0.05, 0.1) is 43.2 Å². The Kier molecular flexibility index (Phi) is 5.39. The number of nitrogens with zero attached hydrogens (tertiary/aromatic N) is 2. The number of imide groups is 1. The lowest BCUT2D eigenvalue weighted by atomic mass is 10.2. The Morgan fingerprint density at radius 3 is 2.27 bits per heavy atom. The van der Waals surface area contributed by atoms with E-state index in [1.54, 1.807) is 18.2 Å². The van der Waals surface area contributed by atoms with E-state index in [1.807, 2.05) is 0 Å². The highest BCUT2D eigenvalue weighted by Gasteiger charge is 2.47. The van der Waals surface area contributed by atoms with Crippen molar-refractivity contribution in [3.63, 3.8) is 0 Å². The van der Waals surface area contributed by atoms with Crippen LogP contribution in [0.15, 0.2) is 53.4 Å². The number of hydrogen-bond donors (Lipinski definition) is 1. The summed E-state index contributed by atoms with van der Waals surface area (Å²) < 4.78 is 54.1. The first-order chi connectivity index (χ1) is 14.3. The van der Waals surface area contributed by atoms with Crippen molar-refractivity contribution in [2.75, 3.05) is 31.1 Å². The van der Waals surface area contributed by atoms with Crippen molar-refractivity contribution < 1.29 is 31.7 Å². The van der Waals surface area contributed by atoms with Crippen LogP contribution in [0.4, 0.5) is 14.5 Å². The van der Waals surface area contributed by atoms with Gasteiger partial charge in [-0.15, -0.1) is 0 Å². The number of sulfonamides is 1. The van der Waals surface area contributed by atoms with Crippen LogP contribution in [0.5, 0.6) is 0 Å². The minimum atomic E-state index is -3.62. The molecule has 2 aromatic rings. The average molecular weight is 436 g/mol. The van der Waals surface area contributed by atoms with Gasteiger partial charge in [0.15, 0.2) is 6.04 Å². The lowest BCUT2D eigenvalue weighted by molar-refractivity contribution is -0.918. The molecule has 2 aliphatic rings. The smallest absolute Gasteiger partial charge is 0.292 e. The Labute approximate surface area is 172 Å². The number of piperazine rings is 1. The molecule has 0 unspecified atom stereocenters. The van der Waals surface area contributed by atoms with Crippen LogP contribution in [0.1, 0.15) is 6.42 Å². The molecule has 1 atom stereocenters.